The maximum absolute atomic E-state index is 12.9. The highest BCUT2D eigenvalue weighted by molar-refractivity contribution is 7.98. The predicted molar refractivity (Wildman–Crippen MR) is 121 cm³/mol. The minimum Gasteiger partial charge on any atom is -0.353 e. The van der Waals surface area contributed by atoms with Crippen molar-refractivity contribution in [3.63, 3.8) is 0 Å². The van der Waals surface area contributed by atoms with Crippen LogP contribution < -0.4 is 16.0 Å². The van der Waals surface area contributed by atoms with Crippen molar-refractivity contribution >= 4 is 35.3 Å². The van der Waals surface area contributed by atoms with Crippen LogP contribution in [0, 0.1) is 0 Å². The van der Waals surface area contributed by atoms with E-state index < -0.39 is 5.54 Å². The van der Waals surface area contributed by atoms with Crippen LogP contribution in [0.3, 0.4) is 0 Å². The second-order valence-electron chi connectivity index (χ2n) is 7.38. The molecular formula is C22H27ClN4O2S. The molecule has 1 fully saturated rings. The highest BCUT2D eigenvalue weighted by Gasteiger charge is 2.42. The molecule has 160 valence electrons. The van der Waals surface area contributed by atoms with Crippen LogP contribution in [0.4, 0.5) is 4.79 Å². The second-order valence-corrected chi connectivity index (χ2v) is 8.87. The lowest BCUT2D eigenvalue weighted by atomic mass is 9.96. The van der Waals surface area contributed by atoms with Crippen molar-refractivity contribution in [2.45, 2.75) is 43.5 Å². The number of nitrogens with one attached hydrogen (secondary N) is 3. The first kappa shape index (κ1) is 22.4. The average Bonchev–Trinajstić information content (AvgIpc) is 3.22. The Hall–Kier alpha value is -2.25. The quantitative estimate of drug-likeness (QED) is 0.403. The fourth-order valence-electron chi connectivity index (χ4n) is 3.56. The van der Waals surface area contributed by atoms with E-state index in [1.165, 1.54) is 0 Å². The Kier molecular flexibility index (Phi) is 8.39. The highest BCUT2D eigenvalue weighted by atomic mass is 35.5. The molecule has 0 saturated heterocycles. The normalized spacial score (nSPS) is 14.8. The number of urea groups is 1. The molecule has 1 aliphatic rings. The van der Waals surface area contributed by atoms with Crippen molar-refractivity contribution in [1.82, 2.24) is 20.9 Å². The molecule has 8 heteroatoms. The summed E-state index contributed by atoms with van der Waals surface area (Å²) in [6.07, 6.45) is 4.90. The summed E-state index contributed by atoms with van der Waals surface area (Å²) in [6.45, 7) is 0.984. The standard InChI is InChI=1S/C22H27ClN4O2S/c23-19-14-18(8-11-24-19)16-30-13-12-25-20(28)22(9-4-5-10-22)27-21(29)26-15-17-6-2-1-3-7-17/h1-3,6-8,11,14H,4-5,9-10,12-13,15-16H2,(H,25,28)(H2,26,27,29). The lowest BCUT2D eigenvalue weighted by molar-refractivity contribution is -0.127. The minimum absolute atomic E-state index is 0.0950. The SMILES string of the molecule is O=C(NCc1ccccc1)NC1(C(=O)NCCSCc2ccnc(Cl)c2)CCCC1. The zero-order chi connectivity index (χ0) is 21.2. The summed E-state index contributed by atoms with van der Waals surface area (Å²) >= 11 is 7.61. The maximum atomic E-state index is 12.9. The molecular weight excluding hydrogens is 420 g/mol. The predicted octanol–water partition coefficient (Wildman–Crippen LogP) is 3.90. The molecule has 0 bridgehead atoms. The largest absolute Gasteiger partial charge is 0.353 e. The summed E-state index contributed by atoms with van der Waals surface area (Å²) < 4.78 is 0. The first-order chi connectivity index (χ1) is 14.6. The number of benzene rings is 1. The molecule has 0 atom stereocenters. The van der Waals surface area contributed by atoms with Gasteiger partial charge in [0.25, 0.3) is 0 Å². The van der Waals surface area contributed by atoms with Gasteiger partial charge in [-0.15, -0.1) is 0 Å². The zero-order valence-corrected chi connectivity index (χ0v) is 18.4. The molecule has 3 rings (SSSR count). The van der Waals surface area contributed by atoms with Gasteiger partial charge in [-0.2, -0.15) is 11.8 Å². The molecule has 1 saturated carbocycles. The summed E-state index contributed by atoms with van der Waals surface area (Å²) in [4.78, 5) is 29.3. The maximum Gasteiger partial charge on any atom is 0.315 e. The van der Waals surface area contributed by atoms with Crippen LogP contribution in [-0.4, -0.2) is 34.8 Å². The third-order valence-corrected chi connectivity index (χ3v) is 6.37. The molecule has 1 aliphatic carbocycles. The van der Waals surface area contributed by atoms with Crippen LogP contribution >= 0.6 is 23.4 Å². The lowest BCUT2D eigenvalue weighted by Gasteiger charge is -2.29. The van der Waals surface area contributed by atoms with Crippen molar-refractivity contribution in [3.05, 3.63) is 64.9 Å². The molecule has 6 nitrogen and oxygen atoms in total. The molecule has 1 heterocycles. The summed E-state index contributed by atoms with van der Waals surface area (Å²) in [7, 11) is 0. The van der Waals surface area contributed by atoms with Crippen molar-refractivity contribution in [2.24, 2.45) is 0 Å². The molecule has 0 aliphatic heterocycles. The van der Waals surface area contributed by atoms with Crippen molar-refractivity contribution < 1.29 is 9.59 Å². The molecule has 3 amide bonds. The molecule has 3 N–H and O–H groups in total. The van der Waals surface area contributed by atoms with Gasteiger partial charge in [-0.1, -0.05) is 54.8 Å². The molecule has 1 aromatic heterocycles. The number of rotatable bonds is 9. The van der Waals surface area contributed by atoms with Crippen LogP contribution in [0.25, 0.3) is 0 Å². The van der Waals surface area contributed by atoms with Gasteiger partial charge in [0, 0.05) is 30.8 Å². The van der Waals surface area contributed by atoms with Gasteiger partial charge in [-0.3, -0.25) is 4.79 Å². The first-order valence-electron chi connectivity index (χ1n) is 10.1. The third-order valence-electron chi connectivity index (χ3n) is 5.13. The summed E-state index contributed by atoms with van der Waals surface area (Å²) in [5.74, 6) is 1.49. The van der Waals surface area contributed by atoms with Crippen LogP contribution in [0.2, 0.25) is 5.15 Å². The van der Waals surface area contributed by atoms with E-state index in [1.54, 1.807) is 18.0 Å². The van der Waals surface area contributed by atoms with E-state index in [4.69, 9.17) is 11.6 Å². The van der Waals surface area contributed by atoms with Gasteiger partial charge in [0.05, 0.1) is 0 Å². The van der Waals surface area contributed by atoms with E-state index in [0.29, 0.717) is 31.1 Å². The smallest absolute Gasteiger partial charge is 0.315 e. The van der Waals surface area contributed by atoms with Crippen molar-refractivity contribution in [3.8, 4) is 0 Å². The Balaban J connectivity index is 1.42. The number of halogens is 1. The molecule has 0 radical (unpaired) electrons. The molecule has 0 unspecified atom stereocenters. The van der Waals surface area contributed by atoms with E-state index in [0.717, 1.165) is 35.5 Å². The van der Waals surface area contributed by atoms with Gasteiger partial charge < -0.3 is 16.0 Å². The van der Waals surface area contributed by atoms with Crippen molar-refractivity contribution in [2.75, 3.05) is 12.3 Å². The number of hydrogen-bond donors (Lipinski definition) is 3. The van der Waals surface area contributed by atoms with Crippen LogP contribution in [0.5, 0.6) is 0 Å². The molecule has 30 heavy (non-hydrogen) atoms. The average molecular weight is 447 g/mol. The number of pyridine rings is 1. The first-order valence-corrected chi connectivity index (χ1v) is 11.7. The summed E-state index contributed by atoms with van der Waals surface area (Å²) in [5, 5.41) is 9.29. The van der Waals surface area contributed by atoms with Crippen LogP contribution in [0.1, 0.15) is 36.8 Å². The Bertz CT molecular complexity index is 844. The van der Waals surface area contributed by atoms with E-state index in [-0.39, 0.29) is 11.9 Å². The van der Waals surface area contributed by atoms with Crippen molar-refractivity contribution in [1.29, 1.82) is 0 Å². The summed E-state index contributed by atoms with van der Waals surface area (Å²) in [5.41, 5.74) is 1.31. The Morgan fingerprint density at radius 3 is 2.57 bits per heavy atom. The highest BCUT2D eigenvalue weighted by Crippen LogP contribution is 2.30. The van der Waals surface area contributed by atoms with Gasteiger partial charge in [-0.25, -0.2) is 9.78 Å². The third kappa shape index (κ3) is 6.64. The number of carbonyl (C=O) groups is 2. The topological polar surface area (TPSA) is 83.1 Å². The number of nitrogens with zero attached hydrogens (tertiary/aromatic N) is 1. The number of thioether (sulfide) groups is 1. The van der Waals surface area contributed by atoms with Gasteiger partial charge in [0.15, 0.2) is 0 Å². The molecule has 2 aromatic rings. The number of aromatic nitrogens is 1. The summed E-state index contributed by atoms with van der Waals surface area (Å²) in [6, 6.07) is 13.2. The van der Waals surface area contributed by atoms with E-state index in [1.807, 2.05) is 42.5 Å². The Labute approximate surface area is 186 Å². The van der Waals surface area contributed by atoms with Gasteiger partial charge in [0.2, 0.25) is 5.91 Å². The number of amides is 3. The van der Waals surface area contributed by atoms with Crippen LogP contribution in [-0.2, 0) is 17.1 Å². The zero-order valence-electron chi connectivity index (χ0n) is 16.8. The number of carbonyl (C=O) groups excluding carboxylic acids is 2. The number of hydrogen-bond acceptors (Lipinski definition) is 4. The van der Waals surface area contributed by atoms with Gasteiger partial charge >= 0.3 is 6.03 Å². The van der Waals surface area contributed by atoms with E-state index >= 15 is 0 Å². The van der Waals surface area contributed by atoms with Gasteiger partial charge in [-0.05, 0) is 36.1 Å². The Morgan fingerprint density at radius 1 is 1.07 bits per heavy atom. The van der Waals surface area contributed by atoms with Crippen LogP contribution in [0.15, 0.2) is 48.7 Å². The van der Waals surface area contributed by atoms with Gasteiger partial charge in [0.1, 0.15) is 10.7 Å². The fraction of sp³-hybridized carbons (Fsp3) is 0.409. The molecule has 0 spiro atoms. The second kappa shape index (κ2) is 11.2. The Morgan fingerprint density at radius 2 is 1.83 bits per heavy atom. The lowest BCUT2D eigenvalue weighted by Crippen LogP contribution is -2.59. The monoisotopic (exact) mass is 446 g/mol. The van der Waals surface area contributed by atoms with E-state index in [9.17, 15) is 9.59 Å². The minimum atomic E-state index is -0.815. The fourth-order valence-corrected chi connectivity index (χ4v) is 4.56. The molecule has 1 aromatic carbocycles. The van der Waals surface area contributed by atoms with E-state index in [2.05, 4.69) is 20.9 Å².